The van der Waals surface area contributed by atoms with E-state index in [1.165, 1.54) is 64.2 Å². The van der Waals surface area contributed by atoms with E-state index in [0.29, 0.717) is 0 Å². The SMILES string of the molecule is CCCCCCCCCCCCCCC(=O)[O-].[Fr+]. The number of carbonyl (C=O) groups excluding carboxylic acids is 1. The molecule has 0 unspecified atom stereocenters. The van der Waals surface area contributed by atoms with Gasteiger partial charge in [-0.1, -0.05) is 77.6 Å². The third kappa shape index (κ3) is 19.4. The molecule has 0 radical (unpaired) electrons. The number of carboxylic acids is 1. The maximum Gasteiger partial charge on any atom is 1.00 e. The standard InChI is InChI=1S/C15H30O2.Fr/c1-2-3-4-5-6-7-8-9-10-11-12-13-14-15(16)17;/h2-14H2,1H3,(H,16,17);/q;+1/p-1. The second-order valence-corrected chi connectivity index (χ2v) is 5.01. The van der Waals surface area contributed by atoms with Crippen LogP contribution in [0.25, 0.3) is 0 Å². The molecule has 0 fully saturated rings. The van der Waals surface area contributed by atoms with E-state index in [4.69, 9.17) is 0 Å². The first-order valence-corrected chi connectivity index (χ1v) is 7.47. The van der Waals surface area contributed by atoms with Gasteiger partial charge in [-0.2, -0.15) is 0 Å². The zero-order valence-electron chi connectivity index (χ0n) is 12.5. The van der Waals surface area contributed by atoms with Crippen molar-refractivity contribution in [2.45, 2.75) is 90.4 Å². The molecule has 0 spiro atoms. The first-order valence-electron chi connectivity index (χ1n) is 7.47. The van der Waals surface area contributed by atoms with Crippen molar-refractivity contribution in [2.24, 2.45) is 0 Å². The summed E-state index contributed by atoms with van der Waals surface area (Å²) in [5.74, 6) is -0.905. The van der Waals surface area contributed by atoms with Gasteiger partial charge in [0, 0.05) is 5.97 Å². The molecule has 0 aliphatic rings. The maximum absolute atomic E-state index is 10.2. The Kier molecular flexibility index (Phi) is 21.4. The number of hydrogen-bond donors (Lipinski definition) is 0. The minimum atomic E-state index is -0.905. The van der Waals surface area contributed by atoms with E-state index >= 15 is 0 Å². The van der Waals surface area contributed by atoms with E-state index in [9.17, 15) is 9.90 Å². The van der Waals surface area contributed by atoms with Crippen LogP contribution in [-0.4, -0.2) is 5.97 Å². The van der Waals surface area contributed by atoms with Gasteiger partial charge in [0.1, 0.15) is 0 Å². The van der Waals surface area contributed by atoms with Gasteiger partial charge in [0.25, 0.3) is 0 Å². The minimum absolute atomic E-state index is 0. The van der Waals surface area contributed by atoms with E-state index in [1.54, 1.807) is 0 Å². The van der Waals surface area contributed by atoms with Gasteiger partial charge in [0.05, 0.1) is 0 Å². The van der Waals surface area contributed by atoms with Gasteiger partial charge >= 0.3 is 49.9 Å². The fourth-order valence-electron chi connectivity index (χ4n) is 2.11. The molecule has 102 valence electrons. The van der Waals surface area contributed by atoms with Crippen LogP contribution in [0.4, 0.5) is 0 Å². The van der Waals surface area contributed by atoms with Crippen LogP contribution in [0.5, 0.6) is 0 Å². The molecule has 0 saturated heterocycles. The van der Waals surface area contributed by atoms with Gasteiger partial charge in [-0.25, -0.2) is 0 Å². The normalized spacial score (nSPS) is 10.1. The molecular weight excluding hydrogens is 435 g/mol. The minimum Gasteiger partial charge on any atom is -0.550 e. The average molecular weight is 464 g/mol. The summed E-state index contributed by atoms with van der Waals surface area (Å²) in [4.78, 5) is 10.2. The third-order valence-corrected chi connectivity index (χ3v) is 3.23. The van der Waals surface area contributed by atoms with Crippen molar-refractivity contribution in [1.82, 2.24) is 0 Å². The second kappa shape index (κ2) is 18.1. The van der Waals surface area contributed by atoms with E-state index < -0.39 is 5.97 Å². The van der Waals surface area contributed by atoms with Gasteiger partial charge in [-0.3, -0.25) is 0 Å². The molecule has 0 aliphatic carbocycles. The van der Waals surface area contributed by atoms with Gasteiger partial charge in [-0.15, -0.1) is 0 Å². The number of carboxylic acid groups (broad SMARTS) is 1. The van der Waals surface area contributed by atoms with Crippen molar-refractivity contribution < 1.29 is 59.8 Å². The number of carbonyl (C=O) groups is 1. The van der Waals surface area contributed by atoms with Crippen molar-refractivity contribution >= 4 is 5.97 Å². The van der Waals surface area contributed by atoms with Crippen LogP contribution in [0, 0.1) is 49.9 Å². The molecular formula is C15H29FrO2. The smallest absolute Gasteiger partial charge is 0.550 e. The zero-order chi connectivity index (χ0) is 12.8. The van der Waals surface area contributed by atoms with Crippen LogP contribution in [0.15, 0.2) is 0 Å². The summed E-state index contributed by atoms with van der Waals surface area (Å²) in [6.45, 7) is 2.25. The Labute approximate surface area is 154 Å². The molecule has 0 bridgehead atoms. The molecule has 0 rings (SSSR count). The van der Waals surface area contributed by atoms with Gasteiger partial charge in [0.2, 0.25) is 0 Å². The molecule has 0 aromatic carbocycles. The Bertz CT molecular complexity index is 172. The van der Waals surface area contributed by atoms with E-state index in [-0.39, 0.29) is 56.3 Å². The molecule has 3 heteroatoms. The number of aliphatic carboxylic acids is 1. The zero-order valence-corrected chi connectivity index (χ0v) is 20.7. The topological polar surface area (TPSA) is 40.1 Å². The van der Waals surface area contributed by atoms with Crippen LogP contribution in [0.1, 0.15) is 90.4 Å². The summed E-state index contributed by atoms with van der Waals surface area (Å²) in [7, 11) is 0. The monoisotopic (exact) mass is 464 g/mol. The number of rotatable bonds is 13. The largest absolute Gasteiger partial charge is 1.00 e. The Balaban J connectivity index is 0. The Morgan fingerprint density at radius 1 is 0.722 bits per heavy atom. The van der Waals surface area contributed by atoms with E-state index in [1.807, 2.05) is 0 Å². The van der Waals surface area contributed by atoms with Crippen molar-refractivity contribution in [1.29, 1.82) is 0 Å². The van der Waals surface area contributed by atoms with Crippen molar-refractivity contribution in [3.05, 3.63) is 0 Å². The van der Waals surface area contributed by atoms with Crippen LogP contribution < -0.4 is 5.11 Å². The molecule has 0 aromatic heterocycles. The summed E-state index contributed by atoms with van der Waals surface area (Å²) < 4.78 is 0. The molecule has 18 heavy (non-hydrogen) atoms. The molecule has 0 aliphatic heterocycles. The van der Waals surface area contributed by atoms with Gasteiger partial charge in [0.15, 0.2) is 0 Å². The van der Waals surface area contributed by atoms with E-state index in [2.05, 4.69) is 6.92 Å². The predicted molar refractivity (Wildman–Crippen MR) is 70.7 cm³/mol. The maximum atomic E-state index is 10.2. The Hall–Kier alpha value is 1.07. The Morgan fingerprint density at radius 3 is 1.39 bits per heavy atom. The van der Waals surface area contributed by atoms with Crippen molar-refractivity contribution in [3.8, 4) is 0 Å². The summed E-state index contributed by atoms with van der Waals surface area (Å²) in [6, 6.07) is 0. The Morgan fingerprint density at radius 2 is 1.06 bits per heavy atom. The van der Waals surface area contributed by atoms with Crippen LogP contribution in [-0.2, 0) is 4.79 Å². The average Bonchev–Trinajstić information content (AvgIpc) is 2.30. The summed E-state index contributed by atoms with van der Waals surface area (Å²) in [5.41, 5.74) is 0. The first kappa shape index (κ1) is 21.4. The quantitative estimate of drug-likeness (QED) is 0.389. The fraction of sp³-hybridized carbons (Fsp3) is 0.933. The third-order valence-electron chi connectivity index (χ3n) is 3.23. The summed E-state index contributed by atoms with van der Waals surface area (Å²) in [5, 5.41) is 10.2. The first-order chi connectivity index (χ1) is 8.27. The summed E-state index contributed by atoms with van der Waals surface area (Å²) >= 11 is 0. The van der Waals surface area contributed by atoms with Gasteiger partial charge < -0.3 is 9.90 Å². The predicted octanol–water partition coefficient (Wildman–Crippen LogP) is 3.83. The van der Waals surface area contributed by atoms with Crippen molar-refractivity contribution in [3.63, 3.8) is 0 Å². The number of unbranched alkanes of at least 4 members (excludes halogenated alkanes) is 11. The molecule has 2 nitrogen and oxygen atoms in total. The molecule has 0 aromatic rings. The van der Waals surface area contributed by atoms with Crippen LogP contribution in [0.2, 0.25) is 0 Å². The second-order valence-electron chi connectivity index (χ2n) is 5.01. The summed E-state index contributed by atoms with van der Waals surface area (Å²) in [6.07, 6.45) is 15.5. The van der Waals surface area contributed by atoms with Gasteiger partial charge in [-0.05, 0) is 12.8 Å². The van der Waals surface area contributed by atoms with Crippen LogP contribution in [0.3, 0.4) is 0 Å². The molecule has 0 N–H and O–H groups in total. The van der Waals surface area contributed by atoms with E-state index in [0.717, 1.165) is 12.8 Å². The molecule has 0 heterocycles. The molecule has 0 atom stereocenters. The van der Waals surface area contributed by atoms with Crippen LogP contribution >= 0.6 is 0 Å². The van der Waals surface area contributed by atoms with Crippen molar-refractivity contribution in [2.75, 3.05) is 0 Å². The molecule has 0 saturated carbocycles. The number of hydrogen-bond acceptors (Lipinski definition) is 2. The molecule has 0 amide bonds. The fourth-order valence-corrected chi connectivity index (χ4v) is 2.11.